The van der Waals surface area contributed by atoms with Crippen LogP contribution in [0.5, 0.6) is 0 Å². The highest BCUT2D eigenvalue weighted by Crippen LogP contribution is 2.34. The second-order valence-corrected chi connectivity index (χ2v) is 11.4. The van der Waals surface area contributed by atoms with E-state index in [0.717, 1.165) is 0 Å². The third-order valence-corrected chi connectivity index (χ3v) is 8.03. The van der Waals surface area contributed by atoms with Crippen LogP contribution in [-0.4, -0.2) is 59.4 Å². The van der Waals surface area contributed by atoms with Crippen molar-refractivity contribution in [2.24, 2.45) is 0 Å². The molecule has 1 saturated heterocycles. The molecule has 1 aliphatic heterocycles. The van der Waals surface area contributed by atoms with E-state index in [-0.39, 0.29) is 16.3 Å². The van der Waals surface area contributed by atoms with Gasteiger partial charge in [0.25, 0.3) is 0 Å². The van der Waals surface area contributed by atoms with Crippen LogP contribution in [0.4, 0.5) is 22.0 Å². The Morgan fingerprint density at radius 3 is 2.51 bits per heavy atom. The molecule has 278 valence electrons. The number of pyridine rings is 1. The zero-order valence-electron chi connectivity index (χ0n) is 57.5. The number of hydrogen-bond donors (Lipinski definition) is 0. The Kier molecular flexibility index (Phi) is 4.81. The largest absolute Gasteiger partial charge is 0.416 e. The smallest absolute Gasteiger partial charge is 0.383 e. The van der Waals surface area contributed by atoms with Crippen molar-refractivity contribution in [2.75, 3.05) is 33.1 Å². The number of carbonyl (C=O) groups is 1. The van der Waals surface area contributed by atoms with Gasteiger partial charge in [-0.3, -0.25) is 9.59 Å². The van der Waals surface area contributed by atoms with Crippen molar-refractivity contribution in [1.29, 1.82) is 0 Å². The van der Waals surface area contributed by atoms with E-state index < -0.39 is 250 Å². The molecule has 1 fully saturated rings. The van der Waals surface area contributed by atoms with Crippen LogP contribution in [0.1, 0.15) is 77.5 Å². The zero-order chi connectivity index (χ0) is 64.9. The minimum atomic E-state index is -5.38. The minimum absolute atomic E-state index is 0.0387. The van der Waals surface area contributed by atoms with Gasteiger partial charge in [-0.15, -0.1) is 11.8 Å². The van der Waals surface area contributed by atoms with Gasteiger partial charge in [0.05, 0.1) is 51.5 Å². The number of likely N-dealkylation sites (tertiary alicyclic amines) is 1. The van der Waals surface area contributed by atoms with Crippen molar-refractivity contribution in [1.82, 2.24) is 14.4 Å². The molecule has 12 heteroatoms. The number of piperidine rings is 1. The molecule has 5 aromatic rings. The van der Waals surface area contributed by atoms with E-state index in [1.54, 1.807) is 0 Å². The molecule has 4 aromatic carbocycles. The molecule has 0 spiro atoms. The third kappa shape index (κ3) is 9.00. The van der Waals surface area contributed by atoms with Crippen molar-refractivity contribution >= 4 is 28.6 Å². The molecule has 0 unspecified atom stereocenters. The number of carbonyl (C=O) groups excluding carboxylic acids is 1. The number of rotatable bonds is 12. The summed E-state index contributed by atoms with van der Waals surface area (Å²) in [5, 5.41) is -2.26. The van der Waals surface area contributed by atoms with Crippen LogP contribution in [0.3, 0.4) is 0 Å². The van der Waals surface area contributed by atoms with Crippen molar-refractivity contribution in [3.8, 4) is 11.1 Å². The summed E-state index contributed by atoms with van der Waals surface area (Å²) in [4.78, 5) is 28.0. The number of amides is 1. The summed E-state index contributed by atoms with van der Waals surface area (Å²) in [6.07, 6.45) is -15.2. The lowest BCUT2D eigenvalue weighted by Crippen LogP contribution is -2.48. The van der Waals surface area contributed by atoms with E-state index in [1.165, 1.54) is 0 Å². The molecule has 53 heavy (non-hydrogen) atoms. The molecule has 0 radical (unpaired) electrons. The second kappa shape index (κ2) is 16.7. The molecule has 1 aliphatic rings. The molecule has 1 amide bonds. The predicted molar refractivity (Wildman–Crippen MR) is 198 cm³/mol. The number of ether oxygens (including phenoxy) is 1. The van der Waals surface area contributed by atoms with Gasteiger partial charge in [0.1, 0.15) is 6.54 Å². The van der Waals surface area contributed by atoms with E-state index in [2.05, 4.69) is 4.74 Å². The minimum Gasteiger partial charge on any atom is -0.383 e. The Labute approximate surface area is 352 Å². The number of thioether (sulfide) groups is 1. The molecule has 0 saturated carbocycles. The van der Waals surface area contributed by atoms with Gasteiger partial charge >= 0.3 is 6.18 Å². The number of alkyl halides is 3. The third-order valence-electron chi connectivity index (χ3n) is 7.00. The summed E-state index contributed by atoms with van der Waals surface area (Å²) in [7, 11) is -3.98. The van der Waals surface area contributed by atoms with Crippen LogP contribution in [0, 0.1) is 18.6 Å². The molecule has 6 rings (SSSR count). The summed E-state index contributed by atoms with van der Waals surface area (Å²) in [5.41, 5.74) is -10.4. The first-order valence-electron chi connectivity index (χ1n) is 30.0. The Morgan fingerprint density at radius 2 is 1.77 bits per heavy atom. The van der Waals surface area contributed by atoms with Gasteiger partial charge in [-0.05, 0) is 66.1 Å². The van der Waals surface area contributed by atoms with E-state index in [1.807, 2.05) is 0 Å². The van der Waals surface area contributed by atoms with Gasteiger partial charge in [0, 0.05) is 75.5 Å². The number of aromatic nitrogens is 1. The van der Waals surface area contributed by atoms with Crippen LogP contribution in [0.15, 0.2) is 100 Å². The maximum atomic E-state index is 15.7. The van der Waals surface area contributed by atoms with E-state index in [9.17, 15) is 29.2 Å². The highest BCUT2D eigenvalue weighted by molar-refractivity contribution is 7.98. The maximum absolute atomic E-state index is 15.7. The highest BCUT2D eigenvalue weighted by atomic mass is 32.2. The quantitative estimate of drug-likeness (QED) is 0.0938. The number of methoxy groups -OCH3 is 1. The lowest BCUT2D eigenvalue weighted by molar-refractivity contribution is -0.138. The Morgan fingerprint density at radius 1 is 1.04 bits per heavy atom. The van der Waals surface area contributed by atoms with Crippen molar-refractivity contribution in [3.05, 3.63) is 135 Å². The summed E-state index contributed by atoms with van der Waals surface area (Å²) >= 11 is -0.0387. The lowest BCUT2D eigenvalue weighted by Gasteiger charge is -2.39. The van der Waals surface area contributed by atoms with Crippen molar-refractivity contribution in [3.63, 3.8) is 0 Å². The summed E-state index contributed by atoms with van der Waals surface area (Å²) in [5.74, 6) is -7.37. The van der Waals surface area contributed by atoms with Crippen LogP contribution in [-0.2, 0) is 34.6 Å². The topological polar surface area (TPSA) is 54.8 Å². The van der Waals surface area contributed by atoms with E-state index >= 15 is 9.18 Å². The van der Waals surface area contributed by atoms with Gasteiger partial charge in [-0.1, -0.05) is 60.4 Å². The Bertz CT molecular complexity index is 3570. The van der Waals surface area contributed by atoms with Gasteiger partial charge in [-0.2, -0.15) is 13.2 Å². The fraction of sp³-hybridized carbons (Fsp3) is 0.317. The average molecular weight is 781 g/mol. The normalized spacial score (nSPS) is 27.8. The maximum Gasteiger partial charge on any atom is 0.416 e. The molecule has 6 nitrogen and oxygen atoms in total. The van der Waals surface area contributed by atoms with Crippen molar-refractivity contribution in [2.45, 2.75) is 55.7 Å². The van der Waals surface area contributed by atoms with Crippen LogP contribution in [0.25, 0.3) is 22.0 Å². The molecule has 2 heterocycles. The van der Waals surface area contributed by atoms with E-state index in [0.29, 0.717) is 6.92 Å². The second-order valence-electron chi connectivity index (χ2n) is 10.4. The number of benzene rings is 4. The number of nitrogens with zero attached hydrogens (tertiary/aromatic N) is 3. The van der Waals surface area contributed by atoms with E-state index in [4.69, 9.17) is 35.6 Å². The molecule has 1 aromatic heterocycles. The van der Waals surface area contributed by atoms with Crippen molar-refractivity contribution < 1.29 is 74.0 Å². The molecule has 0 bridgehead atoms. The van der Waals surface area contributed by atoms with Gasteiger partial charge in [0.15, 0.2) is 17.1 Å². The van der Waals surface area contributed by atoms with Crippen LogP contribution in [0.2, 0.25) is 0 Å². The first-order chi connectivity index (χ1) is 37.7. The standard InChI is InChI=1S/C41H40F5N3O3S/c1-27-22-30(14-15-34(27)41(44,45)46)29-12-10-28(11-13-29)24-48(32-16-18-47(19-17-32)20-21-52-2)38(51)25-49-36-9-4-3-7-33(36)37(50)23-39(49)53-26-31-6-5-8-35(42)40(31)43/h3-15,22-23,32H,16-21,24-26H2,1-2H3/i2D3,3D,4D,5D,6D,7D,8D,9D,10D,11D,12D,13D,14D,15D,16D2,17D2,18D2,19D2,20D2,21D2,22D,23D,32D. The molecular weight excluding hydrogens is 710 g/mol. The molecule has 0 N–H and O–H groups in total. The predicted octanol–water partition coefficient (Wildman–Crippen LogP) is 8.71. The zero-order valence-corrected chi connectivity index (χ0v) is 27.3. The van der Waals surface area contributed by atoms with Crippen LogP contribution < -0.4 is 5.43 Å². The summed E-state index contributed by atoms with van der Waals surface area (Å²) in [6, 6.07) is -25.5. The number of halogens is 5. The average Bonchev–Trinajstić information content (AvgIpc) is 0.766. The SMILES string of the molecule is [2H]c1c([2H])c(F)c(F)c(CSc2c([2H])c(=O)c3c([2H])c([2H])c([2H])c([2H])c3n2CC(=O)N(Cc2c([2H])c([2H])c(-c3c([2H])c([2H])c(C(F)(F)F)c(C)c3[2H])c([2H])c2[2H])C2([2H])C([2H])([2H])C([2H])([2H])N(C([2H])([2H])C([2H])([2H])OC([2H])([2H])[2H])C([2H])([2H])C2([2H])[2H])c1[2H]. The Hall–Kier alpha value is -4.52. The Balaban J connectivity index is 1.76. The lowest BCUT2D eigenvalue weighted by atomic mass is 9.98. The van der Waals surface area contributed by atoms with Crippen LogP contribution >= 0.6 is 11.8 Å². The first-order valence-corrected chi connectivity index (χ1v) is 15.5. The number of para-hydroxylation sites is 1. The summed E-state index contributed by atoms with van der Waals surface area (Å²) in [6.45, 7) is -22.3. The van der Waals surface area contributed by atoms with Gasteiger partial charge in [0.2, 0.25) is 5.91 Å². The van der Waals surface area contributed by atoms with Gasteiger partial charge in [-0.25, -0.2) is 8.78 Å². The molecular formula is C41H40F5N3O3S. The fourth-order valence-corrected chi connectivity index (χ4v) is 5.52. The summed E-state index contributed by atoms with van der Waals surface area (Å²) < 4.78 is 344. The number of hydrogen-bond acceptors (Lipinski definition) is 5. The first kappa shape index (κ1) is 15.3. The number of fused-ring (bicyclic) bond motifs is 1. The highest BCUT2D eigenvalue weighted by Gasteiger charge is 2.32. The monoisotopic (exact) mass is 780 g/mol. The molecule has 0 atom stereocenters. The van der Waals surface area contributed by atoms with Gasteiger partial charge < -0.3 is 19.1 Å². The fourth-order valence-electron chi connectivity index (χ4n) is 4.57. The molecule has 0 aliphatic carbocycles.